The normalized spacial score (nSPS) is 23.3. The second-order valence-electron chi connectivity index (χ2n) is 11.0. The topological polar surface area (TPSA) is 95.1 Å². The summed E-state index contributed by atoms with van der Waals surface area (Å²) in [4.78, 5) is 50.5. The van der Waals surface area contributed by atoms with Crippen LogP contribution in [-0.4, -0.2) is 96.9 Å². The molecule has 0 unspecified atom stereocenters. The predicted octanol–water partition coefficient (Wildman–Crippen LogP) is 3.28. The van der Waals surface area contributed by atoms with Gasteiger partial charge in [0.15, 0.2) is 10.9 Å². The van der Waals surface area contributed by atoms with Crippen molar-refractivity contribution in [1.82, 2.24) is 20.1 Å². The van der Waals surface area contributed by atoms with Gasteiger partial charge in [-0.05, 0) is 44.4 Å². The van der Waals surface area contributed by atoms with Crippen LogP contribution < -0.4 is 10.2 Å². The lowest BCUT2D eigenvalue weighted by molar-refractivity contribution is -0.139. The maximum absolute atomic E-state index is 13.7. The highest BCUT2D eigenvalue weighted by Gasteiger charge is 2.49. The van der Waals surface area contributed by atoms with E-state index in [2.05, 4.69) is 27.5 Å². The fourth-order valence-electron chi connectivity index (χ4n) is 6.25. The van der Waals surface area contributed by atoms with Gasteiger partial charge in [0.25, 0.3) is 5.91 Å². The summed E-state index contributed by atoms with van der Waals surface area (Å²) >= 11 is 1.65. The van der Waals surface area contributed by atoms with Gasteiger partial charge >= 0.3 is 0 Å². The lowest BCUT2D eigenvalue weighted by Crippen LogP contribution is -2.54. The van der Waals surface area contributed by atoms with Crippen LogP contribution in [0.15, 0.2) is 29.6 Å². The number of ether oxygens (including phenoxy) is 1. The van der Waals surface area contributed by atoms with Crippen molar-refractivity contribution in [2.45, 2.75) is 57.7 Å². The number of rotatable bonds is 6. The van der Waals surface area contributed by atoms with E-state index in [9.17, 15) is 14.4 Å². The van der Waals surface area contributed by atoms with Crippen molar-refractivity contribution in [2.75, 3.05) is 51.3 Å². The summed E-state index contributed by atoms with van der Waals surface area (Å²) in [6.45, 7) is 4.59. The zero-order chi connectivity index (χ0) is 26.2. The summed E-state index contributed by atoms with van der Waals surface area (Å²) in [5.41, 5.74) is 2.38. The molecule has 3 saturated heterocycles. The Kier molecular flexibility index (Phi) is 11.7. The average Bonchev–Trinajstić information content (AvgIpc) is 3.74. The van der Waals surface area contributed by atoms with Crippen LogP contribution in [-0.2, 0) is 14.3 Å². The third-order valence-electron chi connectivity index (χ3n) is 8.53. The number of likely N-dealkylation sites (N-methyl/N-ethyl adjacent to an activating group) is 1. The first-order chi connectivity index (χ1) is 18.5. The molecule has 41 heavy (non-hydrogen) atoms. The first-order valence-electron chi connectivity index (χ1n) is 13.7. The van der Waals surface area contributed by atoms with Gasteiger partial charge in [-0.25, -0.2) is 4.98 Å². The van der Waals surface area contributed by atoms with Gasteiger partial charge in [-0.1, -0.05) is 32.4 Å². The molecule has 6 rings (SSSR count). The van der Waals surface area contributed by atoms with Crippen molar-refractivity contribution in [3.8, 4) is 11.3 Å². The number of Topliss-reactive ketones (excluding diaryl/α,β-unsaturated/α-hetero) is 1. The van der Waals surface area contributed by atoms with E-state index in [0.717, 1.165) is 68.3 Å². The smallest absolute Gasteiger partial charge is 0.251 e. The van der Waals surface area contributed by atoms with Crippen molar-refractivity contribution < 1.29 is 19.1 Å². The van der Waals surface area contributed by atoms with Gasteiger partial charge < -0.3 is 24.8 Å². The Morgan fingerprint density at radius 2 is 1.71 bits per heavy atom. The zero-order valence-electron chi connectivity index (χ0n) is 22.8. The number of piperazine rings is 1. The highest BCUT2D eigenvalue weighted by molar-refractivity contribution is 7.59. The molecule has 4 aliphatic rings. The monoisotopic (exact) mass is 621 g/mol. The summed E-state index contributed by atoms with van der Waals surface area (Å²) in [5.74, 6) is -0.356. The molecule has 3 aliphatic heterocycles. The maximum Gasteiger partial charge on any atom is 0.251 e. The third kappa shape index (κ3) is 6.93. The molecule has 1 aliphatic carbocycles. The third-order valence-corrected chi connectivity index (χ3v) is 9.43. The number of thiazole rings is 1. The molecule has 0 bridgehead atoms. The van der Waals surface area contributed by atoms with Gasteiger partial charge in [0.1, 0.15) is 18.7 Å². The van der Waals surface area contributed by atoms with E-state index in [4.69, 9.17) is 9.72 Å². The van der Waals surface area contributed by atoms with E-state index in [-0.39, 0.29) is 70.6 Å². The van der Waals surface area contributed by atoms with Crippen molar-refractivity contribution in [3.05, 3.63) is 35.2 Å². The highest BCUT2D eigenvalue weighted by atomic mass is 32.1. The van der Waals surface area contributed by atoms with E-state index in [1.165, 1.54) is 0 Å². The van der Waals surface area contributed by atoms with E-state index < -0.39 is 12.1 Å². The van der Waals surface area contributed by atoms with Crippen LogP contribution in [0.3, 0.4) is 0 Å². The quantitative estimate of drug-likeness (QED) is 0.529. The van der Waals surface area contributed by atoms with Crippen LogP contribution in [0.25, 0.3) is 11.3 Å². The Labute approximate surface area is 260 Å². The molecule has 2 aromatic rings. The summed E-state index contributed by atoms with van der Waals surface area (Å²) in [5, 5.41) is 6.15. The number of anilines is 1. The van der Waals surface area contributed by atoms with Gasteiger partial charge in [-0.15, -0.1) is 11.3 Å². The van der Waals surface area contributed by atoms with Gasteiger partial charge in [-0.3, -0.25) is 14.4 Å². The fourth-order valence-corrected chi connectivity index (χ4v) is 7.14. The van der Waals surface area contributed by atoms with Crippen LogP contribution in [0.4, 0.5) is 5.13 Å². The first-order valence-corrected chi connectivity index (χ1v) is 14.6. The number of hydrogen-bond donors (Lipinski definition) is 1. The van der Waals surface area contributed by atoms with Gasteiger partial charge in [0.05, 0.1) is 11.8 Å². The van der Waals surface area contributed by atoms with Crippen LogP contribution in [0.2, 0.25) is 0 Å². The molecule has 0 spiro atoms. The number of nitrogens with zero attached hydrogens (tertiary/aromatic N) is 4. The van der Waals surface area contributed by atoms with Crippen molar-refractivity contribution in [1.29, 1.82) is 0 Å². The van der Waals surface area contributed by atoms with Crippen LogP contribution in [0.5, 0.6) is 0 Å². The second kappa shape index (κ2) is 14.4. The van der Waals surface area contributed by atoms with Gasteiger partial charge in [0, 0.05) is 49.2 Å². The lowest BCUT2D eigenvalue weighted by atomic mass is 9.95. The SMILES string of the molecule is C.CN1CCN(c2nc(-c3ccc(C(=O)N[C@H](C(=O)N4CC[C@H]5OCC(=O)[C@H]54)C4CCCC4)cc3)cs2)CC1.S.S. The number of fused-ring (bicyclic) bond motifs is 1. The van der Waals surface area contributed by atoms with Crippen LogP contribution in [0.1, 0.15) is 49.9 Å². The predicted molar refractivity (Wildman–Crippen MR) is 173 cm³/mol. The van der Waals surface area contributed by atoms with Gasteiger partial charge in [0.2, 0.25) is 5.91 Å². The standard InChI is InChI=1S/C28H35N5O4S.CH4.2H2S/c1-31-12-14-32(15-13-31)28-29-21(17-38-28)18-6-8-20(9-7-18)26(35)30-24(19-4-2-3-5-19)27(36)33-11-10-23-25(33)22(34)16-37-23;;;/h6-9,17,19,23-25H,2-5,10-16H2,1H3,(H,30,35);1H4;2*1H2/t23-,24+,25-;;;/m1.../s1. The number of carbonyl (C=O) groups is 3. The Bertz CT molecular complexity index is 1200. The minimum Gasteiger partial charge on any atom is -0.368 e. The Balaban J connectivity index is 0.00000154. The molecule has 4 heterocycles. The van der Waals surface area contributed by atoms with Crippen molar-refractivity contribution >= 4 is 61.1 Å². The molecular formula is C29H43N5O4S3. The molecule has 226 valence electrons. The van der Waals surface area contributed by atoms with E-state index in [1.807, 2.05) is 12.1 Å². The van der Waals surface area contributed by atoms with Crippen LogP contribution >= 0.6 is 38.3 Å². The molecule has 9 nitrogen and oxygen atoms in total. The summed E-state index contributed by atoms with van der Waals surface area (Å²) < 4.78 is 5.57. The Morgan fingerprint density at radius 1 is 1.02 bits per heavy atom. The number of likely N-dealkylation sites (tertiary alicyclic amines) is 1. The highest BCUT2D eigenvalue weighted by Crippen LogP contribution is 2.33. The minimum atomic E-state index is -0.624. The number of benzene rings is 1. The molecule has 4 fully saturated rings. The maximum atomic E-state index is 13.7. The summed E-state index contributed by atoms with van der Waals surface area (Å²) in [6, 6.07) is 6.32. The van der Waals surface area contributed by atoms with Crippen molar-refractivity contribution in [2.24, 2.45) is 5.92 Å². The molecular weight excluding hydrogens is 579 g/mol. The fraction of sp³-hybridized carbons (Fsp3) is 0.586. The molecule has 2 amide bonds. The van der Waals surface area contributed by atoms with E-state index >= 15 is 0 Å². The number of aromatic nitrogens is 1. The number of ketones is 1. The minimum absolute atomic E-state index is 0. The second-order valence-corrected chi connectivity index (χ2v) is 11.8. The number of carbonyl (C=O) groups excluding carboxylic acids is 3. The largest absolute Gasteiger partial charge is 0.368 e. The molecule has 1 saturated carbocycles. The van der Waals surface area contributed by atoms with E-state index in [1.54, 1.807) is 28.4 Å². The van der Waals surface area contributed by atoms with Crippen molar-refractivity contribution in [3.63, 3.8) is 0 Å². The Hall–Kier alpha value is -2.12. The summed E-state index contributed by atoms with van der Waals surface area (Å²) in [7, 11) is 2.14. The number of nitrogens with one attached hydrogen (secondary N) is 1. The molecule has 12 heteroatoms. The molecule has 1 aromatic carbocycles. The Morgan fingerprint density at radius 3 is 2.39 bits per heavy atom. The average molecular weight is 622 g/mol. The molecule has 0 radical (unpaired) electrons. The van der Waals surface area contributed by atoms with E-state index in [0.29, 0.717) is 18.5 Å². The molecule has 1 N–H and O–H groups in total. The molecule has 1 aromatic heterocycles. The number of amides is 2. The molecule has 3 atom stereocenters. The number of hydrogen-bond acceptors (Lipinski definition) is 8. The summed E-state index contributed by atoms with van der Waals surface area (Å²) in [6.07, 6.45) is 4.38. The zero-order valence-corrected chi connectivity index (χ0v) is 25.6. The lowest BCUT2D eigenvalue weighted by Gasteiger charge is -2.32. The van der Waals surface area contributed by atoms with Crippen LogP contribution in [0, 0.1) is 5.92 Å². The first kappa shape index (κ1) is 33.4. The van der Waals surface area contributed by atoms with Gasteiger partial charge in [-0.2, -0.15) is 27.0 Å².